The number of thioether (sulfide) groups is 1. The van der Waals surface area contributed by atoms with Crippen LogP contribution in [0.5, 0.6) is 0 Å². The van der Waals surface area contributed by atoms with Gasteiger partial charge >= 0.3 is 0 Å². The third-order valence-electron chi connectivity index (χ3n) is 4.15. The van der Waals surface area contributed by atoms with Crippen molar-refractivity contribution in [3.8, 4) is 0 Å². The Hall–Kier alpha value is -1.20. The maximum absolute atomic E-state index is 7.97. The minimum Gasteiger partial charge on any atom is -0.384 e. The maximum atomic E-state index is 7.97. The lowest BCUT2D eigenvalue weighted by molar-refractivity contribution is 0.266. The van der Waals surface area contributed by atoms with E-state index in [2.05, 4.69) is 55.9 Å². The molecule has 1 aliphatic rings. The fraction of sp³-hybridized carbons (Fsp3) is 0.562. The highest BCUT2D eigenvalue weighted by Gasteiger charge is 2.32. The monoisotopic (exact) mass is 306 g/mol. The van der Waals surface area contributed by atoms with Crippen LogP contribution >= 0.6 is 11.8 Å². The Morgan fingerprint density at radius 3 is 2.67 bits per heavy atom. The van der Waals surface area contributed by atoms with Gasteiger partial charge in [-0.1, -0.05) is 19.9 Å². The van der Waals surface area contributed by atoms with Crippen LogP contribution in [0.1, 0.15) is 19.4 Å². The summed E-state index contributed by atoms with van der Waals surface area (Å²) < 4.78 is 0. The summed E-state index contributed by atoms with van der Waals surface area (Å²) in [5.74, 6) is 1.77. The fourth-order valence-electron chi connectivity index (χ4n) is 3.15. The van der Waals surface area contributed by atoms with Crippen molar-refractivity contribution in [1.29, 1.82) is 5.41 Å². The Balaban J connectivity index is 2.36. The second-order valence-electron chi connectivity index (χ2n) is 5.91. The molecule has 0 radical (unpaired) electrons. The molecule has 21 heavy (non-hydrogen) atoms. The molecule has 1 aromatic carbocycles. The molecule has 1 fully saturated rings. The van der Waals surface area contributed by atoms with Gasteiger partial charge in [-0.2, -0.15) is 0 Å². The zero-order chi connectivity index (χ0) is 15.6. The first kappa shape index (κ1) is 16.2. The van der Waals surface area contributed by atoms with Crippen LogP contribution < -0.4 is 10.6 Å². The number of anilines is 1. The molecule has 1 aromatic rings. The molecule has 3 N–H and O–H groups in total. The average molecular weight is 306 g/mol. The highest BCUT2D eigenvalue weighted by atomic mass is 32.2. The number of nitrogens with two attached hydrogens (primary N) is 1. The maximum Gasteiger partial charge on any atom is 0.126 e. The Kier molecular flexibility index (Phi) is 5.17. The van der Waals surface area contributed by atoms with Crippen LogP contribution in [0, 0.1) is 11.3 Å². The van der Waals surface area contributed by atoms with Gasteiger partial charge < -0.3 is 15.5 Å². The summed E-state index contributed by atoms with van der Waals surface area (Å²) in [7, 11) is 4.28. The molecule has 1 saturated heterocycles. The molecule has 2 rings (SSSR count). The smallest absolute Gasteiger partial charge is 0.126 e. The first-order valence-electron chi connectivity index (χ1n) is 7.47. The van der Waals surface area contributed by atoms with E-state index in [1.165, 1.54) is 0 Å². The van der Waals surface area contributed by atoms with Gasteiger partial charge in [-0.3, -0.25) is 5.41 Å². The predicted octanol–water partition coefficient (Wildman–Crippen LogP) is 2.47. The first-order chi connectivity index (χ1) is 9.95. The van der Waals surface area contributed by atoms with Gasteiger partial charge in [-0.05, 0) is 37.9 Å². The van der Waals surface area contributed by atoms with Gasteiger partial charge in [-0.15, -0.1) is 11.8 Å². The number of amidine groups is 1. The van der Waals surface area contributed by atoms with Gasteiger partial charge in [0.2, 0.25) is 0 Å². The third kappa shape index (κ3) is 3.35. The van der Waals surface area contributed by atoms with Crippen molar-refractivity contribution in [3.05, 3.63) is 23.8 Å². The number of hydrogen-bond donors (Lipinski definition) is 2. The zero-order valence-corrected chi connectivity index (χ0v) is 14.2. The second kappa shape index (κ2) is 6.71. The molecule has 4 nitrogen and oxygen atoms in total. The van der Waals surface area contributed by atoms with Crippen LogP contribution in [0.15, 0.2) is 23.1 Å². The quantitative estimate of drug-likeness (QED) is 0.498. The summed E-state index contributed by atoms with van der Waals surface area (Å²) in [5, 5.41) is 7.97. The highest BCUT2D eigenvalue weighted by Crippen LogP contribution is 2.34. The van der Waals surface area contributed by atoms with E-state index in [0.29, 0.717) is 12.0 Å². The first-order valence-corrected chi connectivity index (χ1v) is 8.45. The van der Waals surface area contributed by atoms with Crippen LogP contribution in [0.3, 0.4) is 0 Å². The molecule has 0 aliphatic carbocycles. The predicted molar refractivity (Wildman–Crippen MR) is 92.7 cm³/mol. The van der Waals surface area contributed by atoms with Crippen molar-refractivity contribution in [2.75, 3.05) is 37.8 Å². The minimum atomic E-state index is 0.169. The van der Waals surface area contributed by atoms with Crippen LogP contribution in [0.25, 0.3) is 0 Å². The van der Waals surface area contributed by atoms with Crippen molar-refractivity contribution >= 4 is 23.3 Å². The van der Waals surface area contributed by atoms with E-state index in [-0.39, 0.29) is 5.84 Å². The molecule has 1 aliphatic heterocycles. The Morgan fingerprint density at radius 2 is 2.14 bits per heavy atom. The van der Waals surface area contributed by atoms with Gasteiger partial charge in [0.15, 0.2) is 0 Å². The molecule has 5 heteroatoms. The number of nitrogen functional groups attached to an aromatic ring is 1. The standard InChI is InChI=1S/C16H26N4S/c1-5-21-14-8-6-7-12(15(14)16(17)18)20-9-11(2)13(10-20)19(3)4/h6-8,11,13H,5,9-10H2,1-4H3,(H3,17,18). The van der Waals surface area contributed by atoms with E-state index in [1.54, 1.807) is 11.8 Å². The van der Waals surface area contributed by atoms with E-state index in [4.69, 9.17) is 11.1 Å². The summed E-state index contributed by atoms with van der Waals surface area (Å²) in [6, 6.07) is 6.79. The largest absolute Gasteiger partial charge is 0.384 e. The number of rotatable bonds is 5. The average Bonchev–Trinajstić information content (AvgIpc) is 2.80. The summed E-state index contributed by atoms with van der Waals surface area (Å²) in [5.41, 5.74) is 7.88. The number of benzene rings is 1. The van der Waals surface area contributed by atoms with E-state index >= 15 is 0 Å². The Bertz CT molecular complexity index is 515. The third-order valence-corrected chi connectivity index (χ3v) is 5.09. The lowest BCUT2D eigenvalue weighted by Gasteiger charge is -2.25. The van der Waals surface area contributed by atoms with Crippen molar-refractivity contribution in [1.82, 2.24) is 4.90 Å². The SMILES string of the molecule is CCSc1cccc(N2CC(C)C(N(C)C)C2)c1C(=N)N. The zero-order valence-electron chi connectivity index (χ0n) is 13.4. The van der Waals surface area contributed by atoms with Crippen molar-refractivity contribution in [2.45, 2.75) is 24.8 Å². The van der Waals surface area contributed by atoms with E-state index in [9.17, 15) is 0 Å². The summed E-state index contributed by atoms with van der Waals surface area (Å²) in [6.07, 6.45) is 0. The molecule has 2 unspecified atom stereocenters. The number of likely N-dealkylation sites (N-methyl/N-ethyl adjacent to an activating group) is 1. The molecule has 0 amide bonds. The van der Waals surface area contributed by atoms with Crippen LogP contribution in [-0.2, 0) is 0 Å². The van der Waals surface area contributed by atoms with E-state index in [0.717, 1.165) is 35.0 Å². The summed E-state index contributed by atoms with van der Waals surface area (Å²) in [6.45, 7) is 6.43. The fourth-order valence-corrected chi connectivity index (χ4v) is 3.99. The lowest BCUT2D eigenvalue weighted by Crippen LogP contribution is -2.34. The molecule has 2 atom stereocenters. The molecule has 0 saturated carbocycles. The highest BCUT2D eigenvalue weighted by molar-refractivity contribution is 7.99. The topological polar surface area (TPSA) is 56.4 Å². The minimum absolute atomic E-state index is 0.169. The van der Waals surface area contributed by atoms with Crippen LogP contribution in [0.2, 0.25) is 0 Å². The molecule has 0 bridgehead atoms. The summed E-state index contributed by atoms with van der Waals surface area (Å²) >= 11 is 1.75. The molecular weight excluding hydrogens is 280 g/mol. The Morgan fingerprint density at radius 1 is 1.43 bits per heavy atom. The number of nitrogens with one attached hydrogen (secondary N) is 1. The van der Waals surface area contributed by atoms with Crippen molar-refractivity contribution < 1.29 is 0 Å². The number of hydrogen-bond acceptors (Lipinski definition) is 4. The van der Waals surface area contributed by atoms with Gasteiger partial charge in [0.25, 0.3) is 0 Å². The van der Waals surface area contributed by atoms with E-state index < -0.39 is 0 Å². The number of nitrogens with zero attached hydrogens (tertiary/aromatic N) is 2. The van der Waals surface area contributed by atoms with Crippen molar-refractivity contribution in [3.63, 3.8) is 0 Å². The van der Waals surface area contributed by atoms with Gasteiger partial charge in [0.05, 0.1) is 5.56 Å². The molecule has 0 spiro atoms. The Labute approximate surface area is 132 Å². The lowest BCUT2D eigenvalue weighted by atomic mass is 10.1. The molecule has 1 heterocycles. The molecular formula is C16H26N4S. The second-order valence-corrected chi connectivity index (χ2v) is 7.22. The molecule has 0 aromatic heterocycles. The van der Waals surface area contributed by atoms with Crippen LogP contribution in [0.4, 0.5) is 5.69 Å². The van der Waals surface area contributed by atoms with Gasteiger partial charge in [0, 0.05) is 29.7 Å². The normalized spacial score (nSPS) is 22.0. The molecule has 116 valence electrons. The van der Waals surface area contributed by atoms with E-state index in [1.807, 2.05) is 0 Å². The van der Waals surface area contributed by atoms with Crippen LogP contribution in [-0.4, -0.2) is 49.7 Å². The summed E-state index contributed by atoms with van der Waals surface area (Å²) in [4.78, 5) is 5.79. The van der Waals surface area contributed by atoms with Gasteiger partial charge in [-0.25, -0.2) is 0 Å². The van der Waals surface area contributed by atoms with Crippen molar-refractivity contribution in [2.24, 2.45) is 11.7 Å². The van der Waals surface area contributed by atoms with Gasteiger partial charge in [0.1, 0.15) is 5.84 Å².